The van der Waals surface area contributed by atoms with Gasteiger partial charge in [-0.1, -0.05) is 54.9 Å². The van der Waals surface area contributed by atoms with Gasteiger partial charge in [-0.2, -0.15) is 0 Å². The van der Waals surface area contributed by atoms with E-state index in [1.165, 1.54) is 11.1 Å². The highest BCUT2D eigenvalue weighted by molar-refractivity contribution is 6.33. The molecule has 88 valence electrons. The molecule has 2 heteroatoms. The Labute approximate surface area is 107 Å². The highest BCUT2D eigenvalue weighted by Crippen LogP contribution is 2.31. The van der Waals surface area contributed by atoms with Gasteiger partial charge >= 0.3 is 0 Å². The maximum Gasteiger partial charge on any atom is 0.0487 e. The summed E-state index contributed by atoms with van der Waals surface area (Å²) >= 11 is 6.32. The van der Waals surface area contributed by atoms with Crippen LogP contribution in [0.15, 0.2) is 42.5 Å². The fraction of sp³-hybridized carbons (Fsp3) is 0.200. The number of halogens is 1. The van der Waals surface area contributed by atoms with Gasteiger partial charge in [0.2, 0.25) is 0 Å². The average molecular weight is 246 g/mol. The molecule has 0 saturated heterocycles. The molecule has 0 aliphatic carbocycles. The predicted molar refractivity (Wildman–Crippen MR) is 74.2 cm³/mol. The summed E-state index contributed by atoms with van der Waals surface area (Å²) in [6, 6.07) is 14.4. The van der Waals surface area contributed by atoms with E-state index >= 15 is 0 Å². The second-order valence-corrected chi connectivity index (χ2v) is 4.44. The zero-order valence-corrected chi connectivity index (χ0v) is 10.7. The van der Waals surface area contributed by atoms with Crippen molar-refractivity contribution >= 4 is 11.6 Å². The van der Waals surface area contributed by atoms with Gasteiger partial charge in [-0.25, -0.2) is 0 Å². The Kier molecular flexibility index (Phi) is 3.82. The molecule has 0 heterocycles. The molecular weight excluding hydrogens is 230 g/mol. The van der Waals surface area contributed by atoms with E-state index in [0.29, 0.717) is 6.54 Å². The number of hydrogen-bond donors (Lipinski definition) is 1. The van der Waals surface area contributed by atoms with Crippen LogP contribution in [0.5, 0.6) is 0 Å². The maximum absolute atomic E-state index is 6.32. The number of hydrogen-bond acceptors (Lipinski definition) is 1. The lowest BCUT2D eigenvalue weighted by atomic mass is 9.97. The van der Waals surface area contributed by atoms with Crippen LogP contribution in [0.1, 0.15) is 18.1 Å². The molecule has 2 rings (SSSR count). The lowest BCUT2D eigenvalue weighted by Gasteiger charge is -2.10. The van der Waals surface area contributed by atoms with Crippen LogP contribution in [0.4, 0.5) is 0 Å². The van der Waals surface area contributed by atoms with Crippen LogP contribution >= 0.6 is 11.6 Å². The predicted octanol–water partition coefficient (Wildman–Crippen LogP) is 4.03. The SMILES string of the molecule is CCc1ccccc1-c1ccc(CN)cc1Cl. The smallest absolute Gasteiger partial charge is 0.0487 e. The molecule has 0 aromatic heterocycles. The Morgan fingerprint density at radius 2 is 1.82 bits per heavy atom. The summed E-state index contributed by atoms with van der Waals surface area (Å²) in [4.78, 5) is 0. The lowest BCUT2D eigenvalue weighted by molar-refractivity contribution is 1.07. The highest BCUT2D eigenvalue weighted by atomic mass is 35.5. The Morgan fingerprint density at radius 1 is 1.06 bits per heavy atom. The standard InChI is InChI=1S/C15H16ClN/c1-2-12-5-3-4-6-13(12)14-8-7-11(10-17)9-15(14)16/h3-9H,2,10,17H2,1H3. The van der Waals surface area contributed by atoms with E-state index < -0.39 is 0 Å². The average Bonchev–Trinajstić information content (AvgIpc) is 2.38. The summed E-state index contributed by atoms with van der Waals surface area (Å²) in [5, 5.41) is 0.772. The normalized spacial score (nSPS) is 10.5. The molecule has 0 bridgehead atoms. The minimum atomic E-state index is 0.523. The molecule has 2 N–H and O–H groups in total. The van der Waals surface area contributed by atoms with Crippen molar-refractivity contribution in [1.82, 2.24) is 0 Å². The molecule has 0 aliphatic heterocycles. The minimum absolute atomic E-state index is 0.523. The first-order valence-corrected chi connectivity index (χ1v) is 6.20. The Morgan fingerprint density at radius 3 is 2.47 bits per heavy atom. The van der Waals surface area contributed by atoms with Gasteiger partial charge in [0, 0.05) is 17.1 Å². The molecule has 0 saturated carbocycles. The van der Waals surface area contributed by atoms with Crippen molar-refractivity contribution in [3.63, 3.8) is 0 Å². The largest absolute Gasteiger partial charge is 0.326 e. The van der Waals surface area contributed by atoms with Gasteiger partial charge < -0.3 is 5.73 Å². The van der Waals surface area contributed by atoms with Crippen molar-refractivity contribution in [2.45, 2.75) is 19.9 Å². The van der Waals surface area contributed by atoms with Crippen molar-refractivity contribution in [3.8, 4) is 11.1 Å². The molecule has 0 aliphatic rings. The first kappa shape index (κ1) is 12.2. The molecular formula is C15H16ClN. The minimum Gasteiger partial charge on any atom is -0.326 e. The van der Waals surface area contributed by atoms with Crippen LogP contribution in [0.2, 0.25) is 5.02 Å². The van der Waals surface area contributed by atoms with E-state index in [9.17, 15) is 0 Å². The number of benzene rings is 2. The lowest BCUT2D eigenvalue weighted by Crippen LogP contribution is -1.96. The molecule has 2 aromatic rings. The molecule has 17 heavy (non-hydrogen) atoms. The van der Waals surface area contributed by atoms with Gasteiger partial charge in [0.15, 0.2) is 0 Å². The second kappa shape index (κ2) is 5.35. The number of aryl methyl sites for hydroxylation is 1. The molecule has 0 spiro atoms. The third-order valence-corrected chi connectivity index (χ3v) is 3.27. The fourth-order valence-electron chi connectivity index (χ4n) is 2.00. The summed E-state index contributed by atoms with van der Waals surface area (Å²) < 4.78 is 0. The Hall–Kier alpha value is -1.31. The summed E-state index contributed by atoms with van der Waals surface area (Å²) in [5.41, 5.74) is 10.3. The summed E-state index contributed by atoms with van der Waals surface area (Å²) in [6.07, 6.45) is 1.01. The van der Waals surface area contributed by atoms with Crippen LogP contribution in [0.3, 0.4) is 0 Å². The summed E-state index contributed by atoms with van der Waals surface area (Å²) in [5.74, 6) is 0. The van der Waals surface area contributed by atoms with Gasteiger partial charge in [0.1, 0.15) is 0 Å². The molecule has 2 aromatic carbocycles. The van der Waals surface area contributed by atoms with Crippen LogP contribution in [0.25, 0.3) is 11.1 Å². The van der Waals surface area contributed by atoms with E-state index in [4.69, 9.17) is 17.3 Å². The first-order valence-electron chi connectivity index (χ1n) is 5.83. The van der Waals surface area contributed by atoms with Crippen LogP contribution in [0, 0.1) is 0 Å². The zero-order chi connectivity index (χ0) is 12.3. The van der Waals surface area contributed by atoms with Gasteiger partial charge in [-0.3, -0.25) is 0 Å². The molecule has 0 atom stereocenters. The molecule has 0 amide bonds. The topological polar surface area (TPSA) is 26.0 Å². The van der Waals surface area contributed by atoms with Crippen LogP contribution in [-0.4, -0.2) is 0 Å². The monoisotopic (exact) mass is 245 g/mol. The Bertz CT molecular complexity index is 520. The highest BCUT2D eigenvalue weighted by Gasteiger charge is 2.07. The zero-order valence-electron chi connectivity index (χ0n) is 9.91. The quantitative estimate of drug-likeness (QED) is 0.868. The van der Waals surface area contributed by atoms with Gasteiger partial charge in [-0.05, 0) is 29.2 Å². The van der Waals surface area contributed by atoms with E-state index in [-0.39, 0.29) is 0 Å². The fourth-order valence-corrected chi connectivity index (χ4v) is 2.30. The molecule has 0 unspecified atom stereocenters. The molecule has 1 nitrogen and oxygen atoms in total. The van der Waals surface area contributed by atoms with Crippen molar-refractivity contribution in [2.24, 2.45) is 5.73 Å². The third kappa shape index (κ3) is 2.51. The third-order valence-electron chi connectivity index (χ3n) is 2.96. The number of rotatable bonds is 3. The molecule has 0 radical (unpaired) electrons. The molecule has 0 fully saturated rings. The first-order chi connectivity index (χ1) is 8.26. The van der Waals surface area contributed by atoms with Crippen molar-refractivity contribution in [3.05, 3.63) is 58.6 Å². The van der Waals surface area contributed by atoms with Crippen molar-refractivity contribution < 1.29 is 0 Å². The van der Waals surface area contributed by atoms with E-state index in [1.54, 1.807) is 0 Å². The van der Waals surface area contributed by atoms with Crippen LogP contribution in [-0.2, 0) is 13.0 Å². The summed E-state index contributed by atoms with van der Waals surface area (Å²) in [7, 11) is 0. The van der Waals surface area contributed by atoms with Crippen molar-refractivity contribution in [2.75, 3.05) is 0 Å². The van der Waals surface area contributed by atoms with E-state index in [0.717, 1.165) is 22.6 Å². The maximum atomic E-state index is 6.32. The number of nitrogens with two attached hydrogens (primary N) is 1. The Balaban J connectivity index is 2.53. The van der Waals surface area contributed by atoms with Crippen molar-refractivity contribution in [1.29, 1.82) is 0 Å². The van der Waals surface area contributed by atoms with Gasteiger partial charge in [0.25, 0.3) is 0 Å². The van der Waals surface area contributed by atoms with E-state index in [2.05, 4.69) is 31.2 Å². The van der Waals surface area contributed by atoms with Gasteiger partial charge in [-0.15, -0.1) is 0 Å². The van der Waals surface area contributed by atoms with Gasteiger partial charge in [0.05, 0.1) is 0 Å². The van der Waals surface area contributed by atoms with E-state index in [1.807, 2.05) is 18.2 Å². The second-order valence-electron chi connectivity index (χ2n) is 4.03. The van der Waals surface area contributed by atoms with Crippen LogP contribution < -0.4 is 5.73 Å². The summed E-state index contributed by atoms with van der Waals surface area (Å²) in [6.45, 7) is 2.68.